The number of rotatable bonds is 0. The average molecular weight is 149 g/mol. The van der Waals surface area contributed by atoms with Crippen LogP contribution in [0.3, 0.4) is 0 Å². The molecule has 0 unspecified atom stereocenters. The Labute approximate surface area is 65.0 Å². The van der Waals surface area contributed by atoms with Gasteiger partial charge in [0, 0.05) is 5.69 Å². The molecule has 0 aliphatic rings. The minimum atomic E-state index is 1.02. The van der Waals surface area contributed by atoms with Gasteiger partial charge in [-0.3, -0.25) is 9.50 Å². The quantitative estimate of drug-likeness (QED) is 0.606. The zero-order valence-corrected chi connectivity index (χ0v) is 6.97. The van der Waals surface area contributed by atoms with Crippen LogP contribution in [0, 0.1) is 20.8 Å². The molecule has 0 atom stereocenters. The van der Waals surface area contributed by atoms with Crippen molar-refractivity contribution in [2.75, 3.05) is 0 Å². The van der Waals surface area contributed by atoms with Gasteiger partial charge in [0.05, 0.1) is 0 Å². The first-order valence-electron chi connectivity index (χ1n) is 3.70. The first kappa shape index (κ1) is 6.46. The van der Waals surface area contributed by atoms with E-state index < -0.39 is 0 Å². The van der Waals surface area contributed by atoms with E-state index in [2.05, 4.69) is 34.5 Å². The van der Waals surface area contributed by atoms with Gasteiger partial charge in [0.1, 0.15) is 11.5 Å². The molecule has 2 rings (SSSR count). The van der Waals surface area contributed by atoms with Gasteiger partial charge in [0.15, 0.2) is 0 Å². The van der Waals surface area contributed by atoms with Crippen LogP contribution in [0.5, 0.6) is 0 Å². The lowest BCUT2D eigenvalue weighted by Crippen LogP contribution is -1.88. The fourth-order valence-corrected chi connectivity index (χ4v) is 1.42. The molecule has 0 bridgehead atoms. The van der Waals surface area contributed by atoms with Crippen molar-refractivity contribution in [2.45, 2.75) is 20.8 Å². The van der Waals surface area contributed by atoms with E-state index >= 15 is 0 Å². The Morgan fingerprint density at radius 2 is 2.09 bits per heavy atom. The van der Waals surface area contributed by atoms with Crippen LogP contribution < -0.4 is 0 Å². The number of aryl methyl sites for hydroxylation is 3. The third-order valence-corrected chi connectivity index (χ3v) is 2.16. The molecule has 3 nitrogen and oxygen atoms in total. The maximum Gasteiger partial charge on any atom is 0.132 e. The molecule has 0 radical (unpaired) electrons. The lowest BCUT2D eigenvalue weighted by molar-refractivity contribution is 0.976. The van der Waals surface area contributed by atoms with Crippen LogP contribution in [0.15, 0.2) is 6.07 Å². The molecular formula is C8H11N3. The number of nitrogens with one attached hydrogen (secondary N) is 1. The van der Waals surface area contributed by atoms with Gasteiger partial charge in [-0.15, -0.1) is 0 Å². The third kappa shape index (κ3) is 0.707. The molecule has 0 saturated heterocycles. The fourth-order valence-electron chi connectivity index (χ4n) is 1.42. The van der Waals surface area contributed by atoms with Crippen molar-refractivity contribution < 1.29 is 0 Å². The fraction of sp³-hybridized carbons (Fsp3) is 0.375. The molecule has 0 saturated carbocycles. The van der Waals surface area contributed by atoms with Gasteiger partial charge in [0.25, 0.3) is 0 Å². The molecule has 1 N–H and O–H groups in total. The van der Waals surface area contributed by atoms with E-state index in [1.807, 2.05) is 6.92 Å². The molecule has 0 aromatic carbocycles. The summed E-state index contributed by atoms with van der Waals surface area (Å²) in [6.45, 7) is 6.20. The molecule has 0 amide bonds. The van der Waals surface area contributed by atoms with Crippen molar-refractivity contribution in [3.63, 3.8) is 0 Å². The summed E-state index contributed by atoms with van der Waals surface area (Å²) in [7, 11) is 0. The predicted molar refractivity (Wildman–Crippen MR) is 43.8 cm³/mol. The zero-order chi connectivity index (χ0) is 8.01. The van der Waals surface area contributed by atoms with Crippen molar-refractivity contribution in [1.29, 1.82) is 0 Å². The second-order valence-electron chi connectivity index (χ2n) is 2.90. The van der Waals surface area contributed by atoms with Crippen LogP contribution in [0.1, 0.15) is 17.1 Å². The molecule has 2 aromatic heterocycles. The summed E-state index contributed by atoms with van der Waals surface area (Å²) in [4.78, 5) is 0. The predicted octanol–water partition coefficient (Wildman–Crippen LogP) is 1.59. The molecule has 0 fully saturated rings. The summed E-state index contributed by atoms with van der Waals surface area (Å²) < 4.78 is 2.12. The number of aromatic amines is 1. The van der Waals surface area contributed by atoms with Crippen LogP contribution in [0.4, 0.5) is 0 Å². The summed E-state index contributed by atoms with van der Waals surface area (Å²) >= 11 is 0. The molecular weight excluding hydrogens is 138 g/mol. The smallest absolute Gasteiger partial charge is 0.132 e. The van der Waals surface area contributed by atoms with E-state index in [0.29, 0.717) is 0 Å². The van der Waals surface area contributed by atoms with Crippen LogP contribution in [0.2, 0.25) is 0 Å². The minimum absolute atomic E-state index is 1.02. The number of H-pyrrole nitrogens is 1. The SMILES string of the molecule is Cc1cc2[nH]nc(C)n2c1C. The van der Waals surface area contributed by atoms with Gasteiger partial charge in [-0.25, -0.2) is 0 Å². The third-order valence-electron chi connectivity index (χ3n) is 2.16. The van der Waals surface area contributed by atoms with E-state index in [0.717, 1.165) is 11.5 Å². The van der Waals surface area contributed by atoms with Gasteiger partial charge < -0.3 is 0 Å². The van der Waals surface area contributed by atoms with Crippen LogP contribution in [-0.2, 0) is 0 Å². The summed E-state index contributed by atoms with van der Waals surface area (Å²) in [5.41, 5.74) is 3.66. The molecule has 58 valence electrons. The molecule has 2 heterocycles. The highest BCUT2D eigenvalue weighted by molar-refractivity contribution is 5.46. The van der Waals surface area contributed by atoms with Crippen molar-refractivity contribution >= 4 is 5.65 Å². The highest BCUT2D eigenvalue weighted by atomic mass is 15.2. The summed E-state index contributed by atoms with van der Waals surface area (Å²) in [5, 5.41) is 7.06. The average Bonchev–Trinajstić information content (AvgIpc) is 2.41. The number of aromatic nitrogens is 3. The number of fused-ring (bicyclic) bond motifs is 1. The van der Waals surface area contributed by atoms with Crippen molar-refractivity contribution in [3.8, 4) is 0 Å². The van der Waals surface area contributed by atoms with Crippen molar-refractivity contribution in [1.82, 2.24) is 14.6 Å². The van der Waals surface area contributed by atoms with Gasteiger partial charge >= 0.3 is 0 Å². The maximum atomic E-state index is 4.10. The first-order chi connectivity index (χ1) is 5.20. The highest BCUT2D eigenvalue weighted by Gasteiger charge is 2.05. The van der Waals surface area contributed by atoms with Gasteiger partial charge in [0.2, 0.25) is 0 Å². The topological polar surface area (TPSA) is 33.1 Å². The summed E-state index contributed by atoms with van der Waals surface area (Å²) in [6, 6.07) is 2.11. The number of nitrogens with zero attached hydrogens (tertiary/aromatic N) is 2. The van der Waals surface area contributed by atoms with Crippen LogP contribution in [0.25, 0.3) is 5.65 Å². The first-order valence-corrected chi connectivity index (χ1v) is 3.70. The Morgan fingerprint density at radius 3 is 2.73 bits per heavy atom. The molecule has 2 aromatic rings. The zero-order valence-electron chi connectivity index (χ0n) is 6.97. The second kappa shape index (κ2) is 1.87. The van der Waals surface area contributed by atoms with Gasteiger partial charge in [-0.1, -0.05) is 0 Å². The Hall–Kier alpha value is -1.25. The van der Waals surface area contributed by atoms with E-state index in [1.54, 1.807) is 0 Å². The molecule has 11 heavy (non-hydrogen) atoms. The Bertz CT molecular complexity index is 395. The highest BCUT2D eigenvalue weighted by Crippen LogP contribution is 2.13. The van der Waals surface area contributed by atoms with Gasteiger partial charge in [-0.05, 0) is 32.4 Å². The van der Waals surface area contributed by atoms with Crippen LogP contribution in [-0.4, -0.2) is 14.6 Å². The van der Waals surface area contributed by atoms with Crippen molar-refractivity contribution in [3.05, 3.63) is 23.1 Å². The van der Waals surface area contributed by atoms with E-state index in [-0.39, 0.29) is 0 Å². The second-order valence-corrected chi connectivity index (χ2v) is 2.90. The Kier molecular flexibility index (Phi) is 1.10. The number of hydrogen-bond donors (Lipinski definition) is 1. The van der Waals surface area contributed by atoms with E-state index in [4.69, 9.17) is 0 Å². The van der Waals surface area contributed by atoms with Crippen molar-refractivity contribution in [2.24, 2.45) is 0 Å². The molecule has 3 heteroatoms. The molecule has 0 aliphatic heterocycles. The monoisotopic (exact) mass is 149 g/mol. The lowest BCUT2D eigenvalue weighted by atomic mass is 10.3. The Balaban J connectivity index is 2.95. The summed E-state index contributed by atoms with van der Waals surface area (Å²) in [5.74, 6) is 1.02. The van der Waals surface area contributed by atoms with Gasteiger partial charge in [-0.2, -0.15) is 5.10 Å². The summed E-state index contributed by atoms with van der Waals surface area (Å²) in [6.07, 6.45) is 0. The number of hydrogen-bond acceptors (Lipinski definition) is 1. The Morgan fingerprint density at radius 1 is 1.36 bits per heavy atom. The largest absolute Gasteiger partial charge is 0.286 e. The lowest BCUT2D eigenvalue weighted by Gasteiger charge is -1.92. The van der Waals surface area contributed by atoms with E-state index in [9.17, 15) is 0 Å². The molecule has 0 aliphatic carbocycles. The standard InChI is InChI=1S/C8H11N3/c1-5-4-8-10-9-7(3)11(8)6(5)2/h4,10H,1-3H3. The molecule has 0 spiro atoms. The van der Waals surface area contributed by atoms with Crippen LogP contribution >= 0.6 is 0 Å². The normalized spacial score (nSPS) is 11.2. The van der Waals surface area contributed by atoms with E-state index in [1.165, 1.54) is 11.3 Å². The maximum absolute atomic E-state index is 4.10. The minimum Gasteiger partial charge on any atom is -0.286 e.